The average Bonchev–Trinajstić information content (AvgIpc) is 2.95. The maximum Gasteiger partial charge on any atom is 0.228 e. The molecule has 1 amide bonds. The molecule has 0 atom stereocenters. The lowest BCUT2D eigenvalue weighted by Gasteiger charge is -2.06. The molecule has 1 aromatic heterocycles. The number of nitrogens with one attached hydrogen (secondary N) is 2. The van der Waals surface area contributed by atoms with E-state index in [1.807, 2.05) is 42.5 Å². The fraction of sp³-hybridized carbons (Fsp3) is 0.125. The Morgan fingerprint density at radius 2 is 2.05 bits per heavy atom. The largest absolute Gasteiger partial charge is 0.497 e. The van der Waals surface area contributed by atoms with Crippen LogP contribution >= 0.6 is 0 Å². The van der Waals surface area contributed by atoms with Gasteiger partial charge in [0.1, 0.15) is 5.75 Å². The maximum absolute atomic E-state index is 12.0. The second-order valence-electron chi connectivity index (χ2n) is 4.75. The Hall–Kier alpha value is -2.82. The van der Waals surface area contributed by atoms with Gasteiger partial charge in [0.25, 0.3) is 0 Å². The Kier molecular flexibility index (Phi) is 3.55. The third-order valence-electron chi connectivity index (χ3n) is 3.25. The molecule has 3 rings (SSSR count). The van der Waals surface area contributed by atoms with Crippen LogP contribution in [0.25, 0.3) is 10.9 Å². The Bertz CT molecular complexity index is 763. The van der Waals surface area contributed by atoms with Gasteiger partial charge < -0.3 is 10.1 Å². The van der Waals surface area contributed by atoms with Crippen LogP contribution in [-0.2, 0) is 11.2 Å². The lowest BCUT2D eigenvalue weighted by molar-refractivity contribution is -0.115. The molecule has 0 saturated carbocycles. The number of aromatic amines is 1. The SMILES string of the molecule is COc1ccc(CC(=O)Nc2ccc3[nH]ncc3c2)cc1. The highest BCUT2D eigenvalue weighted by molar-refractivity contribution is 5.94. The minimum atomic E-state index is -0.0528. The predicted molar refractivity (Wildman–Crippen MR) is 81.4 cm³/mol. The van der Waals surface area contributed by atoms with Gasteiger partial charge in [0.05, 0.1) is 25.2 Å². The molecule has 0 fully saturated rings. The lowest BCUT2D eigenvalue weighted by atomic mass is 10.1. The van der Waals surface area contributed by atoms with Crippen molar-refractivity contribution in [2.24, 2.45) is 0 Å². The number of nitrogens with zero attached hydrogens (tertiary/aromatic N) is 1. The smallest absolute Gasteiger partial charge is 0.228 e. The third-order valence-corrected chi connectivity index (χ3v) is 3.25. The van der Waals surface area contributed by atoms with E-state index in [4.69, 9.17) is 4.74 Å². The zero-order valence-corrected chi connectivity index (χ0v) is 11.6. The highest BCUT2D eigenvalue weighted by Crippen LogP contribution is 2.17. The maximum atomic E-state index is 12.0. The number of H-pyrrole nitrogens is 1. The van der Waals surface area contributed by atoms with Gasteiger partial charge in [0.2, 0.25) is 5.91 Å². The number of benzene rings is 2. The van der Waals surface area contributed by atoms with Gasteiger partial charge in [-0.05, 0) is 35.9 Å². The van der Waals surface area contributed by atoms with Gasteiger partial charge in [-0.15, -0.1) is 0 Å². The normalized spacial score (nSPS) is 10.5. The van der Waals surface area contributed by atoms with E-state index in [1.165, 1.54) is 0 Å². The molecule has 5 nitrogen and oxygen atoms in total. The molecule has 1 heterocycles. The van der Waals surface area contributed by atoms with Crippen LogP contribution in [-0.4, -0.2) is 23.2 Å². The van der Waals surface area contributed by atoms with Gasteiger partial charge in [0, 0.05) is 11.1 Å². The monoisotopic (exact) mass is 281 g/mol. The second kappa shape index (κ2) is 5.66. The van der Waals surface area contributed by atoms with Crippen molar-refractivity contribution >= 4 is 22.5 Å². The van der Waals surface area contributed by atoms with Crippen LogP contribution in [0.5, 0.6) is 5.75 Å². The second-order valence-corrected chi connectivity index (χ2v) is 4.75. The fourth-order valence-electron chi connectivity index (χ4n) is 2.15. The highest BCUT2D eigenvalue weighted by atomic mass is 16.5. The van der Waals surface area contributed by atoms with Crippen molar-refractivity contribution in [1.29, 1.82) is 0 Å². The number of ether oxygens (including phenoxy) is 1. The molecule has 0 spiro atoms. The molecule has 0 aliphatic rings. The number of hydrogen-bond acceptors (Lipinski definition) is 3. The average molecular weight is 281 g/mol. The summed E-state index contributed by atoms with van der Waals surface area (Å²) in [4.78, 5) is 12.0. The number of anilines is 1. The summed E-state index contributed by atoms with van der Waals surface area (Å²) < 4.78 is 5.09. The summed E-state index contributed by atoms with van der Waals surface area (Å²) >= 11 is 0. The molecule has 0 aliphatic carbocycles. The molecule has 2 N–H and O–H groups in total. The van der Waals surface area contributed by atoms with Crippen LogP contribution in [0, 0.1) is 0 Å². The first-order valence-electron chi connectivity index (χ1n) is 6.60. The Morgan fingerprint density at radius 1 is 1.24 bits per heavy atom. The van der Waals surface area contributed by atoms with E-state index in [2.05, 4.69) is 15.5 Å². The molecular formula is C16H15N3O2. The topological polar surface area (TPSA) is 67.0 Å². The summed E-state index contributed by atoms with van der Waals surface area (Å²) in [6.07, 6.45) is 2.06. The minimum absolute atomic E-state index is 0.0528. The van der Waals surface area contributed by atoms with Crippen LogP contribution in [0.15, 0.2) is 48.7 Å². The number of amides is 1. The zero-order valence-electron chi connectivity index (χ0n) is 11.6. The van der Waals surface area contributed by atoms with E-state index < -0.39 is 0 Å². The zero-order chi connectivity index (χ0) is 14.7. The summed E-state index contributed by atoms with van der Waals surface area (Å²) in [5, 5.41) is 10.7. The number of carbonyl (C=O) groups is 1. The Labute approximate surface area is 121 Å². The Balaban J connectivity index is 1.67. The van der Waals surface area contributed by atoms with Gasteiger partial charge >= 0.3 is 0 Å². The van der Waals surface area contributed by atoms with Gasteiger partial charge in [-0.3, -0.25) is 9.89 Å². The van der Waals surface area contributed by atoms with Crippen molar-refractivity contribution in [3.05, 3.63) is 54.2 Å². The molecule has 106 valence electrons. The van der Waals surface area contributed by atoms with Crippen molar-refractivity contribution in [2.75, 3.05) is 12.4 Å². The molecule has 3 aromatic rings. The third kappa shape index (κ3) is 3.02. The van der Waals surface area contributed by atoms with Crippen LogP contribution < -0.4 is 10.1 Å². The minimum Gasteiger partial charge on any atom is -0.497 e. The summed E-state index contributed by atoms with van der Waals surface area (Å²) in [5.74, 6) is 0.729. The number of rotatable bonds is 4. The standard InChI is InChI=1S/C16H15N3O2/c1-21-14-5-2-11(3-6-14)8-16(20)18-13-4-7-15-12(9-13)10-17-19-15/h2-7,9-10H,8H2,1H3,(H,17,19)(H,18,20). The number of fused-ring (bicyclic) bond motifs is 1. The number of methoxy groups -OCH3 is 1. The number of hydrogen-bond donors (Lipinski definition) is 2. The van der Waals surface area contributed by atoms with E-state index in [1.54, 1.807) is 13.3 Å². The first-order valence-corrected chi connectivity index (χ1v) is 6.60. The van der Waals surface area contributed by atoms with Gasteiger partial charge in [-0.2, -0.15) is 5.10 Å². The van der Waals surface area contributed by atoms with Crippen LogP contribution in [0.3, 0.4) is 0 Å². The number of carbonyl (C=O) groups excluding carboxylic acids is 1. The van der Waals surface area contributed by atoms with Crippen LogP contribution in [0.4, 0.5) is 5.69 Å². The molecule has 5 heteroatoms. The van der Waals surface area contributed by atoms with Crippen molar-refractivity contribution in [3.8, 4) is 5.75 Å². The van der Waals surface area contributed by atoms with Crippen molar-refractivity contribution in [2.45, 2.75) is 6.42 Å². The molecule has 0 unspecified atom stereocenters. The van der Waals surface area contributed by atoms with E-state index in [0.717, 1.165) is 27.9 Å². The summed E-state index contributed by atoms with van der Waals surface area (Å²) in [5.41, 5.74) is 2.66. The molecule has 21 heavy (non-hydrogen) atoms. The van der Waals surface area contributed by atoms with Gasteiger partial charge in [0.15, 0.2) is 0 Å². The van der Waals surface area contributed by atoms with Crippen molar-refractivity contribution in [1.82, 2.24) is 10.2 Å². The summed E-state index contributed by atoms with van der Waals surface area (Å²) in [7, 11) is 1.62. The number of aromatic nitrogens is 2. The van der Waals surface area contributed by atoms with Crippen LogP contribution in [0.1, 0.15) is 5.56 Å². The van der Waals surface area contributed by atoms with E-state index in [0.29, 0.717) is 6.42 Å². The first-order chi connectivity index (χ1) is 10.2. The lowest BCUT2D eigenvalue weighted by Crippen LogP contribution is -2.14. The summed E-state index contributed by atoms with van der Waals surface area (Å²) in [6.45, 7) is 0. The predicted octanol–water partition coefficient (Wildman–Crippen LogP) is 2.75. The van der Waals surface area contributed by atoms with Gasteiger partial charge in [-0.1, -0.05) is 12.1 Å². The van der Waals surface area contributed by atoms with E-state index in [-0.39, 0.29) is 5.91 Å². The summed E-state index contributed by atoms with van der Waals surface area (Å²) in [6, 6.07) is 13.1. The fourth-order valence-corrected chi connectivity index (χ4v) is 2.15. The Morgan fingerprint density at radius 3 is 2.81 bits per heavy atom. The van der Waals surface area contributed by atoms with E-state index in [9.17, 15) is 4.79 Å². The molecule has 0 aliphatic heterocycles. The molecule has 0 saturated heterocycles. The molecular weight excluding hydrogens is 266 g/mol. The van der Waals surface area contributed by atoms with E-state index >= 15 is 0 Å². The molecule has 2 aromatic carbocycles. The van der Waals surface area contributed by atoms with Crippen molar-refractivity contribution < 1.29 is 9.53 Å². The highest BCUT2D eigenvalue weighted by Gasteiger charge is 2.05. The van der Waals surface area contributed by atoms with Crippen molar-refractivity contribution in [3.63, 3.8) is 0 Å². The quantitative estimate of drug-likeness (QED) is 0.772. The first kappa shape index (κ1) is 13.2. The molecule has 0 bridgehead atoms. The van der Waals surface area contributed by atoms with Crippen LogP contribution in [0.2, 0.25) is 0 Å². The molecule has 0 radical (unpaired) electrons. The van der Waals surface area contributed by atoms with Gasteiger partial charge in [-0.25, -0.2) is 0 Å².